The number of halogens is 1. The highest BCUT2D eigenvalue weighted by Crippen LogP contribution is 2.19. The van der Waals surface area contributed by atoms with Crippen LogP contribution in [0, 0.1) is 5.82 Å². The number of hydrogen-bond acceptors (Lipinski definition) is 3. The van der Waals surface area contributed by atoms with Crippen molar-refractivity contribution in [2.75, 3.05) is 19.6 Å². The molecule has 0 aliphatic rings. The minimum absolute atomic E-state index is 0.0953. The van der Waals surface area contributed by atoms with Gasteiger partial charge in [-0.3, -0.25) is 14.5 Å². The van der Waals surface area contributed by atoms with Crippen molar-refractivity contribution in [3.8, 4) is 0 Å². The Morgan fingerprint density at radius 1 is 0.963 bits per heavy atom. The number of hydrogen-bond donors (Lipinski definition) is 1. The lowest BCUT2D eigenvalue weighted by Crippen LogP contribution is -2.38. The fraction of sp³-hybridized carbons (Fsp3) is 0.364. The van der Waals surface area contributed by atoms with Crippen LogP contribution >= 0.6 is 0 Å². The van der Waals surface area contributed by atoms with E-state index < -0.39 is 0 Å². The number of carbonyl (C=O) groups excluding carboxylic acids is 2. The molecule has 0 saturated heterocycles. The molecule has 0 bridgehead atoms. The van der Waals surface area contributed by atoms with Gasteiger partial charge in [-0.15, -0.1) is 0 Å². The van der Waals surface area contributed by atoms with Gasteiger partial charge in [0.1, 0.15) is 5.82 Å². The second-order valence-corrected chi connectivity index (χ2v) is 6.38. The van der Waals surface area contributed by atoms with Crippen molar-refractivity contribution in [1.82, 2.24) is 10.2 Å². The minimum atomic E-state index is -0.382. The van der Waals surface area contributed by atoms with Crippen LogP contribution in [0.4, 0.5) is 4.39 Å². The SMILES string of the molecule is CCN(CC)C(CNC(=O)CCC(=O)c1ccc(F)cc1)c1ccccc1. The lowest BCUT2D eigenvalue weighted by atomic mass is 10.0. The monoisotopic (exact) mass is 370 g/mol. The maximum absolute atomic E-state index is 12.9. The van der Waals surface area contributed by atoms with Crippen LogP contribution in [0.25, 0.3) is 0 Å². The van der Waals surface area contributed by atoms with E-state index in [0.717, 1.165) is 18.7 Å². The number of Topliss-reactive ketones (excluding diaryl/α,β-unsaturated/α-hetero) is 1. The molecule has 2 aromatic carbocycles. The van der Waals surface area contributed by atoms with Crippen LogP contribution in [0.15, 0.2) is 54.6 Å². The standard InChI is InChI=1S/C22H27FN2O2/c1-3-25(4-2)20(17-8-6-5-7-9-17)16-24-22(27)15-14-21(26)18-10-12-19(23)13-11-18/h5-13,20H,3-4,14-16H2,1-2H3,(H,24,27). The van der Waals surface area contributed by atoms with Gasteiger partial charge in [-0.2, -0.15) is 0 Å². The summed E-state index contributed by atoms with van der Waals surface area (Å²) in [5.74, 6) is -0.695. The van der Waals surface area contributed by atoms with Gasteiger partial charge >= 0.3 is 0 Å². The zero-order valence-corrected chi connectivity index (χ0v) is 16.0. The van der Waals surface area contributed by atoms with Gasteiger partial charge in [0.05, 0.1) is 6.04 Å². The van der Waals surface area contributed by atoms with E-state index in [-0.39, 0.29) is 36.4 Å². The quantitative estimate of drug-likeness (QED) is 0.644. The number of rotatable bonds is 10. The molecule has 0 radical (unpaired) electrons. The topological polar surface area (TPSA) is 49.4 Å². The molecule has 0 aliphatic carbocycles. The van der Waals surface area contributed by atoms with Crippen molar-refractivity contribution in [2.45, 2.75) is 32.7 Å². The molecular formula is C22H27FN2O2. The maximum atomic E-state index is 12.9. The molecule has 4 nitrogen and oxygen atoms in total. The molecule has 27 heavy (non-hydrogen) atoms. The first-order valence-electron chi connectivity index (χ1n) is 9.39. The number of nitrogens with zero attached hydrogens (tertiary/aromatic N) is 1. The number of amides is 1. The average Bonchev–Trinajstić information content (AvgIpc) is 2.70. The first-order chi connectivity index (χ1) is 13.0. The number of nitrogens with one attached hydrogen (secondary N) is 1. The summed E-state index contributed by atoms with van der Waals surface area (Å²) < 4.78 is 12.9. The zero-order valence-electron chi connectivity index (χ0n) is 16.0. The Bertz CT molecular complexity index is 728. The minimum Gasteiger partial charge on any atom is -0.354 e. The Kier molecular flexibility index (Phi) is 8.14. The van der Waals surface area contributed by atoms with E-state index in [1.807, 2.05) is 18.2 Å². The molecule has 0 aromatic heterocycles. The normalized spacial score (nSPS) is 12.0. The molecule has 5 heteroatoms. The summed E-state index contributed by atoms with van der Waals surface area (Å²) in [4.78, 5) is 26.6. The Morgan fingerprint density at radius 3 is 2.19 bits per heavy atom. The summed E-state index contributed by atoms with van der Waals surface area (Å²) in [6.07, 6.45) is 0.231. The van der Waals surface area contributed by atoms with Crippen LogP contribution in [0.1, 0.15) is 48.7 Å². The van der Waals surface area contributed by atoms with Crippen LogP contribution in [0.2, 0.25) is 0 Å². The molecule has 1 amide bonds. The summed E-state index contributed by atoms with van der Waals surface area (Å²) in [7, 11) is 0. The van der Waals surface area contributed by atoms with Gasteiger partial charge in [-0.1, -0.05) is 44.2 Å². The Morgan fingerprint density at radius 2 is 1.59 bits per heavy atom. The average molecular weight is 370 g/mol. The van der Waals surface area contributed by atoms with Crippen LogP contribution in [-0.4, -0.2) is 36.2 Å². The van der Waals surface area contributed by atoms with Crippen LogP contribution in [0.3, 0.4) is 0 Å². The Hall–Kier alpha value is -2.53. The van der Waals surface area contributed by atoms with Crippen molar-refractivity contribution >= 4 is 11.7 Å². The molecule has 0 spiro atoms. The van der Waals surface area contributed by atoms with Gasteiger partial charge in [-0.25, -0.2) is 4.39 Å². The Balaban J connectivity index is 1.89. The van der Waals surface area contributed by atoms with Crippen molar-refractivity contribution in [2.24, 2.45) is 0 Å². The van der Waals surface area contributed by atoms with Crippen molar-refractivity contribution in [1.29, 1.82) is 0 Å². The summed E-state index contributed by atoms with van der Waals surface area (Å²) in [6.45, 7) is 6.46. The van der Waals surface area contributed by atoms with Crippen molar-refractivity contribution in [3.63, 3.8) is 0 Å². The lowest BCUT2D eigenvalue weighted by molar-refractivity contribution is -0.121. The lowest BCUT2D eigenvalue weighted by Gasteiger charge is -2.30. The fourth-order valence-electron chi connectivity index (χ4n) is 3.10. The largest absolute Gasteiger partial charge is 0.354 e. The van der Waals surface area contributed by atoms with E-state index in [0.29, 0.717) is 12.1 Å². The molecule has 0 fully saturated rings. The predicted molar refractivity (Wildman–Crippen MR) is 105 cm³/mol. The molecular weight excluding hydrogens is 343 g/mol. The van der Waals surface area contributed by atoms with Crippen LogP contribution in [0.5, 0.6) is 0 Å². The maximum Gasteiger partial charge on any atom is 0.220 e. The molecule has 0 saturated carbocycles. The smallest absolute Gasteiger partial charge is 0.220 e. The molecule has 0 aliphatic heterocycles. The third kappa shape index (κ3) is 6.29. The van der Waals surface area contributed by atoms with Crippen molar-refractivity contribution in [3.05, 3.63) is 71.5 Å². The number of benzene rings is 2. The van der Waals surface area contributed by atoms with E-state index in [1.165, 1.54) is 24.3 Å². The predicted octanol–water partition coefficient (Wildman–Crippen LogP) is 3.99. The highest BCUT2D eigenvalue weighted by molar-refractivity contribution is 5.97. The molecule has 1 unspecified atom stereocenters. The third-order valence-electron chi connectivity index (χ3n) is 4.68. The number of ketones is 1. The van der Waals surface area contributed by atoms with Gasteiger partial charge < -0.3 is 5.32 Å². The van der Waals surface area contributed by atoms with Gasteiger partial charge in [0.2, 0.25) is 5.91 Å². The molecule has 2 rings (SSSR count). The highest BCUT2D eigenvalue weighted by atomic mass is 19.1. The first kappa shape index (κ1) is 20.8. The molecule has 1 N–H and O–H groups in total. The highest BCUT2D eigenvalue weighted by Gasteiger charge is 2.19. The van der Waals surface area contributed by atoms with E-state index in [1.54, 1.807) is 0 Å². The summed E-state index contributed by atoms with van der Waals surface area (Å²) in [6, 6.07) is 15.6. The fourth-order valence-corrected chi connectivity index (χ4v) is 3.10. The number of likely N-dealkylation sites (N-methyl/N-ethyl adjacent to an activating group) is 1. The van der Waals surface area contributed by atoms with Gasteiger partial charge in [0.25, 0.3) is 0 Å². The molecule has 1 atom stereocenters. The van der Waals surface area contributed by atoms with Crippen LogP contribution < -0.4 is 5.32 Å². The van der Waals surface area contributed by atoms with E-state index >= 15 is 0 Å². The summed E-state index contributed by atoms with van der Waals surface area (Å²) in [5.41, 5.74) is 1.58. The second kappa shape index (κ2) is 10.6. The van der Waals surface area contributed by atoms with E-state index in [2.05, 4.69) is 36.2 Å². The van der Waals surface area contributed by atoms with Crippen molar-refractivity contribution < 1.29 is 14.0 Å². The van der Waals surface area contributed by atoms with Gasteiger partial charge in [0, 0.05) is 24.9 Å². The second-order valence-electron chi connectivity index (χ2n) is 6.38. The zero-order chi connectivity index (χ0) is 19.6. The molecule has 2 aromatic rings. The first-order valence-corrected chi connectivity index (χ1v) is 9.39. The summed E-state index contributed by atoms with van der Waals surface area (Å²) in [5, 5.41) is 2.95. The Labute approximate surface area is 160 Å². The summed E-state index contributed by atoms with van der Waals surface area (Å²) >= 11 is 0. The van der Waals surface area contributed by atoms with E-state index in [9.17, 15) is 14.0 Å². The van der Waals surface area contributed by atoms with E-state index in [4.69, 9.17) is 0 Å². The molecule has 0 heterocycles. The van der Waals surface area contributed by atoms with Crippen LogP contribution in [-0.2, 0) is 4.79 Å². The van der Waals surface area contributed by atoms with Gasteiger partial charge in [-0.05, 0) is 42.9 Å². The van der Waals surface area contributed by atoms with Gasteiger partial charge in [0.15, 0.2) is 5.78 Å². The number of carbonyl (C=O) groups is 2. The third-order valence-corrected chi connectivity index (χ3v) is 4.68. The molecule has 144 valence electrons.